The molecule has 1 fully saturated rings. The second kappa shape index (κ2) is 6.82. The standard InChI is InChI=1S/C16H22N4O2S/c1-23(21,22)19-15-8-5-10-17-16(15)12-20-11-9-14(18-20)13-6-3-2-4-7-13/h2-4,6-7,9,11,15-17,19H,5,8,10,12H2,1H3/t15-,16-/m0/s1. The molecular weight excluding hydrogens is 312 g/mol. The van der Waals surface area contributed by atoms with Gasteiger partial charge in [-0.25, -0.2) is 13.1 Å². The summed E-state index contributed by atoms with van der Waals surface area (Å²) in [7, 11) is -3.21. The minimum absolute atomic E-state index is 0.0435. The van der Waals surface area contributed by atoms with E-state index < -0.39 is 10.0 Å². The Hall–Kier alpha value is -1.70. The van der Waals surface area contributed by atoms with Crippen molar-refractivity contribution in [2.45, 2.75) is 31.5 Å². The van der Waals surface area contributed by atoms with Crippen LogP contribution in [0.15, 0.2) is 42.6 Å². The average Bonchev–Trinajstić information content (AvgIpc) is 2.97. The van der Waals surface area contributed by atoms with Gasteiger partial charge in [-0.15, -0.1) is 0 Å². The van der Waals surface area contributed by atoms with E-state index in [4.69, 9.17) is 0 Å². The largest absolute Gasteiger partial charge is 0.311 e. The molecular formula is C16H22N4O2S. The van der Waals surface area contributed by atoms with Gasteiger partial charge < -0.3 is 5.32 Å². The zero-order valence-corrected chi connectivity index (χ0v) is 14.0. The zero-order valence-electron chi connectivity index (χ0n) is 13.1. The predicted octanol–water partition coefficient (Wildman–Crippen LogP) is 1.22. The molecule has 1 aromatic carbocycles. The summed E-state index contributed by atoms with van der Waals surface area (Å²) in [6.07, 6.45) is 4.96. The van der Waals surface area contributed by atoms with E-state index in [1.165, 1.54) is 6.26 Å². The first-order chi connectivity index (χ1) is 11.0. The van der Waals surface area contributed by atoms with E-state index >= 15 is 0 Å². The molecule has 0 bridgehead atoms. The highest BCUT2D eigenvalue weighted by Crippen LogP contribution is 2.17. The Balaban J connectivity index is 1.71. The van der Waals surface area contributed by atoms with Crippen molar-refractivity contribution in [2.24, 2.45) is 0 Å². The molecule has 7 heteroatoms. The van der Waals surface area contributed by atoms with Gasteiger partial charge in [0.2, 0.25) is 10.0 Å². The van der Waals surface area contributed by atoms with Crippen molar-refractivity contribution in [3.63, 3.8) is 0 Å². The molecule has 1 aromatic heterocycles. The summed E-state index contributed by atoms with van der Waals surface area (Å²) >= 11 is 0. The molecule has 0 saturated carbocycles. The van der Waals surface area contributed by atoms with Gasteiger partial charge in [0, 0.05) is 23.8 Å². The quantitative estimate of drug-likeness (QED) is 0.862. The van der Waals surface area contributed by atoms with Crippen LogP contribution in [0.25, 0.3) is 11.3 Å². The van der Waals surface area contributed by atoms with E-state index in [1.807, 2.05) is 47.3 Å². The fourth-order valence-electron chi connectivity index (χ4n) is 2.99. The number of piperidine rings is 1. The molecule has 2 aromatic rings. The van der Waals surface area contributed by atoms with Gasteiger partial charge in [-0.05, 0) is 25.5 Å². The first-order valence-electron chi connectivity index (χ1n) is 7.81. The number of rotatable bonds is 5. The van der Waals surface area contributed by atoms with E-state index in [1.54, 1.807) is 0 Å². The van der Waals surface area contributed by atoms with Gasteiger partial charge in [-0.3, -0.25) is 4.68 Å². The highest BCUT2D eigenvalue weighted by atomic mass is 32.2. The van der Waals surface area contributed by atoms with Gasteiger partial charge in [-0.1, -0.05) is 30.3 Å². The van der Waals surface area contributed by atoms with Gasteiger partial charge >= 0.3 is 0 Å². The maximum absolute atomic E-state index is 11.5. The molecule has 0 aliphatic carbocycles. The molecule has 0 radical (unpaired) electrons. The number of hydrogen-bond acceptors (Lipinski definition) is 4. The lowest BCUT2D eigenvalue weighted by Crippen LogP contribution is -2.54. The van der Waals surface area contributed by atoms with E-state index in [0.29, 0.717) is 6.54 Å². The van der Waals surface area contributed by atoms with E-state index in [9.17, 15) is 8.42 Å². The smallest absolute Gasteiger partial charge is 0.209 e. The van der Waals surface area contributed by atoms with Gasteiger partial charge in [0.25, 0.3) is 0 Å². The zero-order chi connectivity index (χ0) is 16.3. The Labute approximate surface area is 137 Å². The van der Waals surface area contributed by atoms with Crippen molar-refractivity contribution in [2.75, 3.05) is 12.8 Å². The number of nitrogens with zero attached hydrogens (tertiary/aromatic N) is 2. The minimum Gasteiger partial charge on any atom is -0.311 e. The molecule has 1 aliphatic heterocycles. The molecule has 6 nitrogen and oxygen atoms in total. The van der Waals surface area contributed by atoms with Crippen molar-refractivity contribution < 1.29 is 8.42 Å². The lowest BCUT2D eigenvalue weighted by Gasteiger charge is -2.32. The lowest BCUT2D eigenvalue weighted by molar-refractivity contribution is 0.294. The van der Waals surface area contributed by atoms with Crippen LogP contribution in [0, 0.1) is 0 Å². The Morgan fingerprint density at radius 2 is 2.09 bits per heavy atom. The van der Waals surface area contributed by atoms with E-state index in [0.717, 1.165) is 30.6 Å². The van der Waals surface area contributed by atoms with Crippen molar-refractivity contribution in [3.05, 3.63) is 42.6 Å². The van der Waals surface area contributed by atoms with Crippen LogP contribution in [-0.4, -0.2) is 43.1 Å². The third kappa shape index (κ3) is 4.40. The van der Waals surface area contributed by atoms with Crippen LogP contribution in [0.5, 0.6) is 0 Å². The van der Waals surface area contributed by atoms with Crippen molar-refractivity contribution in [1.29, 1.82) is 0 Å². The minimum atomic E-state index is -3.21. The van der Waals surface area contributed by atoms with Crippen LogP contribution in [0.1, 0.15) is 12.8 Å². The van der Waals surface area contributed by atoms with Crippen LogP contribution in [0.2, 0.25) is 0 Å². The molecule has 0 amide bonds. The molecule has 2 N–H and O–H groups in total. The number of hydrogen-bond donors (Lipinski definition) is 2. The number of nitrogens with one attached hydrogen (secondary N) is 2. The van der Waals surface area contributed by atoms with Crippen LogP contribution < -0.4 is 10.0 Å². The summed E-state index contributed by atoms with van der Waals surface area (Å²) in [5, 5.41) is 8.01. The maximum Gasteiger partial charge on any atom is 0.209 e. The fraction of sp³-hybridized carbons (Fsp3) is 0.438. The molecule has 124 valence electrons. The molecule has 0 spiro atoms. The van der Waals surface area contributed by atoms with Gasteiger partial charge in [0.15, 0.2) is 0 Å². The van der Waals surface area contributed by atoms with Crippen molar-refractivity contribution in [1.82, 2.24) is 19.8 Å². The molecule has 23 heavy (non-hydrogen) atoms. The Morgan fingerprint density at radius 3 is 2.83 bits per heavy atom. The van der Waals surface area contributed by atoms with E-state index in [2.05, 4.69) is 15.1 Å². The number of benzene rings is 1. The Kier molecular flexibility index (Phi) is 4.79. The summed E-state index contributed by atoms with van der Waals surface area (Å²) in [5.74, 6) is 0. The summed E-state index contributed by atoms with van der Waals surface area (Å²) in [6, 6.07) is 11.9. The Bertz CT molecular complexity index is 742. The molecule has 0 unspecified atom stereocenters. The third-order valence-corrected chi connectivity index (χ3v) is 4.77. The monoisotopic (exact) mass is 334 g/mol. The first-order valence-corrected chi connectivity index (χ1v) is 9.70. The van der Waals surface area contributed by atoms with Crippen LogP contribution in [-0.2, 0) is 16.6 Å². The topological polar surface area (TPSA) is 76.0 Å². The molecule has 2 atom stereocenters. The third-order valence-electron chi connectivity index (χ3n) is 4.04. The normalized spacial score (nSPS) is 22.1. The van der Waals surface area contributed by atoms with Gasteiger partial charge in [0.1, 0.15) is 0 Å². The van der Waals surface area contributed by atoms with Crippen molar-refractivity contribution >= 4 is 10.0 Å². The number of aromatic nitrogens is 2. The SMILES string of the molecule is CS(=O)(=O)N[C@H]1CCCN[C@H]1Cn1ccc(-c2ccccc2)n1. The molecule has 1 aliphatic rings. The molecule has 1 saturated heterocycles. The Morgan fingerprint density at radius 1 is 1.30 bits per heavy atom. The fourth-order valence-corrected chi connectivity index (χ4v) is 3.82. The second-order valence-electron chi connectivity index (χ2n) is 5.99. The maximum atomic E-state index is 11.5. The van der Waals surface area contributed by atoms with Crippen LogP contribution in [0.3, 0.4) is 0 Å². The summed E-state index contributed by atoms with van der Waals surface area (Å²) in [4.78, 5) is 0. The molecule has 3 rings (SSSR count). The second-order valence-corrected chi connectivity index (χ2v) is 7.77. The van der Waals surface area contributed by atoms with Crippen molar-refractivity contribution in [3.8, 4) is 11.3 Å². The highest BCUT2D eigenvalue weighted by molar-refractivity contribution is 7.88. The van der Waals surface area contributed by atoms with E-state index in [-0.39, 0.29) is 12.1 Å². The predicted molar refractivity (Wildman–Crippen MR) is 90.5 cm³/mol. The van der Waals surface area contributed by atoms with Crippen LogP contribution >= 0.6 is 0 Å². The van der Waals surface area contributed by atoms with Crippen LogP contribution in [0.4, 0.5) is 0 Å². The number of sulfonamides is 1. The summed E-state index contributed by atoms with van der Waals surface area (Å²) < 4.78 is 27.7. The average molecular weight is 334 g/mol. The lowest BCUT2D eigenvalue weighted by atomic mass is 9.99. The highest BCUT2D eigenvalue weighted by Gasteiger charge is 2.27. The van der Waals surface area contributed by atoms with Gasteiger partial charge in [-0.2, -0.15) is 5.10 Å². The summed E-state index contributed by atoms with van der Waals surface area (Å²) in [5.41, 5.74) is 2.00. The molecule has 2 heterocycles. The van der Waals surface area contributed by atoms with Gasteiger partial charge in [0.05, 0.1) is 18.5 Å². The summed E-state index contributed by atoms with van der Waals surface area (Å²) in [6.45, 7) is 1.54. The first kappa shape index (κ1) is 16.2.